The lowest BCUT2D eigenvalue weighted by molar-refractivity contribution is 0.233. The van der Waals surface area contributed by atoms with Gasteiger partial charge in [0.2, 0.25) is 0 Å². The lowest BCUT2D eigenvalue weighted by Gasteiger charge is -2.28. The summed E-state index contributed by atoms with van der Waals surface area (Å²) in [4.78, 5) is 0. The lowest BCUT2D eigenvalue weighted by atomic mass is 9.78. The summed E-state index contributed by atoms with van der Waals surface area (Å²) in [6.45, 7) is 16.8. The monoisotopic (exact) mass is 334 g/mol. The van der Waals surface area contributed by atoms with Gasteiger partial charge in [0.25, 0.3) is 0 Å². The van der Waals surface area contributed by atoms with Crippen LogP contribution in [0.3, 0.4) is 0 Å². The SMILES string of the molecule is C#CCCC(CCC(C)C(C)C)CC(C)C(C)CC(C)CCCC. The minimum Gasteiger partial charge on any atom is -0.120 e. The van der Waals surface area contributed by atoms with Crippen molar-refractivity contribution >= 4 is 0 Å². The van der Waals surface area contributed by atoms with E-state index in [0.29, 0.717) is 0 Å². The quantitative estimate of drug-likeness (QED) is 0.282. The summed E-state index contributed by atoms with van der Waals surface area (Å²) in [6, 6.07) is 0. The molecule has 0 rings (SSSR count). The molecule has 0 aromatic carbocycles. The average Bonchev–Trinajstić information content (AvgIpc) is 2.54. The molecule has 0 N–H and O–H groups in total. The molecule has 0 aliphatic heterocycles. The van der Waals surface area contributed by atoms with Crippen LogP contribution >= 0.6 is 0 Å². The van der Waals surface area contributed by atoms with Crippen molar-refractivity contribution in [2.75, 3.05) is 0 Å². The first kappa shape index (κ1) is 23.6. The zero-order chi connectivity index (χ0) is 18.5. The standard InChI is InChI=1S/C24H46/c1-9-11-13-20(5)17-22(7)23(8)18-24(14-12-10-2)16-15-21(6)19(3)4/h2,19-24H,9,11-18H2,1,3-8H3. The first-order valence-corrected chi connectivity index (χ1v) is 10.7. The van der Waals surface area contributed by atoms with Crippen molar-refractivity contribution in [1.29, 1.82) is 0 Å². The van der Waals surface area contributed by atoms with E-state index in [1.54, 1.807) is 0 Å². The number of hydrogen-bond acceptors (Lipinski definition) is 0. The van der Waals surface area contributed by atoms with Crippen molar-refractivity contribution in [1.82, 2.24) is 0 Å². The molecule has 142 valence electrons. The van der Waals surface area contributed by atoms with E-state index in [4.69, 9.17) is 6.42 Å². The Balaban J connectivity index is 4.40. The van der Waals surface area contributed by atoms with Gasteiger partial charge in [0.1, 0.15) is 0 Å². The van der Waals surface area contributed by atoms with E-state index < -0.39 is 0 Å². The molecule has 0 spiro atoms. The van der Waals surface area contributed by atoms with E-state index in [-0.39, 0.29) is 0 Å². The molecule has 0 aromatic heterocycles. The van der Waals surface area contributed by atoms with E-state index in [2.05, 4.69) is 54.4 Å². The van der Waals surface area contributed by atoms with Gasteiger partial charge in [-0.05, 0) is 54.8 Å². The highest BCUT2D eigenvalue weighted by Crippen LogP contribution is 2.32. The van der Waals surface area contributed by atoms with Gasteiger partial charge in [-0.25, -0.2) is 0 Å². The molecule has 0 fully saturated rings. The summed E-state index contributed by atoms with van der Waals surface area (Å²) in [5.74, 6) is 7.87. The van der Waals surface area contributed by atoms with Gasteiger partial charge in [-0.3, -0.25) is 0 Å². The van der Waals surface area contributed by atoms with Crippen LogP contribution in [0, 0.1) is 47.9 Å². The zero-order valence-corrected chi connectivity index (χ0v) is 17.9. The van der Waals surface area contributed by atoms with Crippen LogP contribution in [0.1, 0.15) is 106 Å². The van der Waals surface area contributed by atoms with E-state index >= 15 is 0 Å². The van der Waals surface area contributed by atoms with Crippen LogP contribution in [0.25, 0.3) is 0 Å². The van der Waals surface area contributed by atoms with E-state index in [9.17, 15) is 0 Å². The fourth-order valence-electron chi connectivity index (χ4n) is 3.79. The fraction of sp³-hybridized carbons (Fsp3) is 0.917. The average molecular weight is 335 g/mol. The first-order chi connectivity index (χ1) is 11.3. The maximum atomic E-state index is 5.53. The van der Waals surface area contributed by atoms with Gasteiger partial charge < -0.3 is 0 Å². The minimum absolute atomic E-state index is 0.800. The van der Waals surface area contributed by atoms with E-state index in [0.717, 1.165) is 41.9 Å². The van der Waals surface area contributed by atoms with Crippen LogP contribution < -0.4 is 0 Å². The van der Waals surface area contributed by atoms with Gasteiger partial charge in [-0.15, -0.1) is 12.3 Å². The largest absolute Gasteiger partial charge is 0.120 e. The van der Waals surface area contributed by atoms with Crippen molar-refractivity contribution in [3.05, 3.63) is 0 Å². The summed E-state index contributed by atoms with van der Waals surface area (Å²) in [5, 5.41) is 0. The van der Waals surface area contributed by atoms with Crippen LogP contribution in [-0.4, -0.2) is 0 Å². The summed E-state index contributed by atoms with van der Waals surface area (Å²) in [7, 11) is 0. The molecular formula is C24H46. The molecule has 0 heteroatoms. The Hall–Kier alpha value is -0.440. The number of rotatable bonds is 14. The molecule has 0 nitrogen and oxygen atoms in total. The molecule has 5 unspecified atom stereocenters. The molecule has 0 saturated carbocycles. The van der Waals surface area contributed by atoms with Crippen LogP contribution in [-0.2, 0) is 0 Å². The Kier molecular flexibility index (Phi) is 13.6. The zero-order valence-electron chi connectivity index (χ0n) is 17.9. The predicted molar refractivity (Wildman–Crippen MR) is 111 cm³/mol. The van der Waals surface area contributed by atoms with Crippen molar-refractivity contribution < 1.29 is 0 Å². The Morgan fingerprint density at radius 3 is 1.92 bits per heavy atom. The van der Waals surface area contributed by atoms with Gasteiger partial charge in [-0.2, -0.15) is 0 Å². The third-order valence-corrected chi connectivity index (χ3v) is 6.37. The second-order valence-corrected chi connectivity index (χ2v) is 9.08. The molecular weight excluding hydrogens is 288 g/mol. The van der Waals surface area contributed by atoms with E-state index in [1.165, 1.54) is 51.4 Å². The van der Waals surface area contributed by atoms with Gasteiger partial charge in [-0.1, -0.05) is 80.6 Å². The number of terminal acetylenes is 1. The third-order valence-electron chi connectivity index (χ3n) is 6.37. The smallest absolute Gasteiger partial charge is 0.00886 e. The minimum atomic E-state index is 0.800. The highest BCUT2D eigenvalue weighted by Gasteiger charge is 2.20. The maximum absolute atomic E-state index is 5.53. The third kappa shape index (κ3) is 11.2. The topological polar surface area (TPSA) is 0 Å². The Morgan fingerprint density at radius 1 is 0.750 bits per heavy atom. The summed E-state index contributed by atoms with van der Waals surface area (Å²) in [6.07, 6.45) is 17.3. The molecule has 0 radical (unpaired) electrons. The van der Waals surface area contributed by atoms with Gasteiger partial charge in [0, 0.05) is 6.42 Å². The normalized spacial score (nSPS) is 18.0. The van der Waals surface area contributed by atoms with Crippen molar-refractivity contribution in [2.45, 2.75) is 106 Å². The summed E-state index contributed by atoms with van der Waals surface area (Å²) >= 11 is 0. The molecule has 0 aromatic rings. The Bertz CT molecular complexity index is 321. The fourth-order valence-corrected chi connectivity index (χ4v) is 3.79. The van der Waals surface area contributed by atoms with Crippen LogP contribution in [0.5, 0.6) is 0 Å². The van der Waals surface area contributed by atoms with Crippen LogP contribution in [0.4, 0.5) is 0 Å². The highest BCUT2D eigenvalue weighted by molar-refractivity contribution is 4.85. The molecule has 24 heavy (non-hydrogen) atoms. The second-order valence-electron chi connectivity index (χ2n) is 9.08. The Labute approximate surface area is 154 Å². The lowest BCUT2D eigenvalue weighted by Crippen LogP contribution is -2.17. The molecule has 0 heterocycles. The molecule has 0 aliphatic rings. The number of hydrogen-bond donors (Lipinski definition) is 0. The van der Waals surface area contributed by atoms with E-state index in [1.807, 2.05) is 0 Å². The van der Waals surface area contributed by atoms with Gasteiger partial charge in [0.15, 0.2) is 0 Å². The summed E-state index contributed by atoms with van der Waals surface area (Å²) in [5.41, 5.74) is 0. The molecule has 0 bridgehead atoms. The van der Waals surface area contributed by atoms with Crippen LogP contribution in [0.15, 0.2) is 0 Å². The first-order valence-electron chi connectivity index (χ1n) is 10.7. The highest BCUT2D eigenvalue weighted by atomic mass is 14.3. The van der Waals surface area contributed by atoms with Gasteiger partial charge >= 0.3 is 0 Å². The summed E-state index contributed by atoms with van der Waals surface area (Å²) < 4.78 is 0. The second kappa shape index (κ2) is 13.8. The molecule has 5 atom stereocenters. The van der Waals surface area contributed by atoms with Gasteiger partial charge in [0.05, 0.1) is 0 Å². The Morgan fingerprint density at radius 2 is 1.38 bits per heavy atom. The molecule has 0 amide bonds. The predicted octanol–water partition coefficient (Wildman–Crippen LogP) is 7.97. The van der Waals surface area contributed by atoms with Crippen molar-refractivity contribution in [3.63, 3.8) is 0 Å². The maximum Gasteiger partial charge on any atom is 0.00886 e. The van der Waals surface area contributed by atoms with Crippen molar-refractivity contribution in [3.8, 4) is 12.3 Å². The number of unbranched alkanes of at least 4 members (excludes halogenated alkanes) is 1. The molecule has 0 aliphatic carbocycles. The van der Waals surface area contributed by atoms with Crippen molar-refractivity contribution in [2.24, 2.45) is 35.5 Å². The van der Waals surface area contributed by atoms with Crippen LogP contribution in [0.2, 0.25) is 0 Å². The molecule has 0 saturated heterocycles.